The number of nitrogens with one attached hydrogen (secondary N) is 1. The normalized spacial score (nSPS) is 20.0. The largest absolute Gasteiger partial charge is 0.364 e. The summed E-state index contributed by atoms with van der Waals surface area (Å²) < 4.78 is 0. The Morgan fingerprint density at radius 3 is 3.04 bits per heavy atom. The second kappa shape index (κ2) is 7.81. The molecule has 0 spiro atoms. The molecule has 3 rings (SSSR count). The lowest BCUT2D eigenvalue weighted by molar-refractivity contribution is -0.149. The van der Waals surface area contributed by atoms with Crippen molar-refractivity contribution in [3.8, 4) is 0 Å². The predicted molar refractivity (Wildman–Crippen MR) is 94.6 cm³/mol. The first-order valence-electron chi connectivity index (χ1n) is 8.97. The minimum absolute atomic E-state index is 0.365. The van der Waals surface area contributed by atoms with Gasteiger partial charge in [0.05, 0.1) is 13.2 Å². The number of carbonyl (C=O) groups excluding carboxylic acids is 1. The van der Waals surface area contributed by atoms with Gasteiger partial charge in [0.1, 0.15) is 5.70 Å². The van der Waals surface area contributed by atoms with Gasteiger partial charge in [-0.05, 0) is 29.2 Å². The highest BCUT2D eigenvalue weighted by molar-refractivity contribution is 5.96. The van der Waals surface area contributed by atoms with Gasteiger partial charge in [-0.1, -0.05) is 50.8 Å². The van der Waals surface area contributed by atoms with Crippen LogP contribution >= 0.6 is 0 Å². The van der Waals surface area contributed by atoms with Crippen LogP contribution in [0.25, 0.3) is 6.08 Å². The summed E-state index contributed by atoms with van der Waals surface area (Å²) >= 11 is 0. The molecule has 1 unspecified atom stereocenters. The lowest BCUT2D eigenvalue weighted by Gasteiger charge is -2.32. The molecule has 0 aliphatic carbocycles. The molecule has 0 saturated carbocycles. The number of fused-ring (bicyclic) bond motifs is 2. The number of primary amides is 1. The Labute approximate surface area is 143 Å². The molecule has 0 radical (unpaired) electrons. The number of amides is 1. The molecule has 0 aromatic heterocycles. The molecule has 0 saturated heterocycles. The maximum absolute atomic E-state index is 11.7. The summed E-state index contributed by atoms with van der Waals surface area (Å²) in [6.45, 7) is 4.08. The summed E-state index contributed by atoms with van der Waals surface area (Å²) in [4.78, 5) is 17.4. The highest BCUT2D eigenvalue weighted by atomic mass is 16.7. The molecule has 5 heteroatoms. The summed E-state index contributed by atoms with van der Waals surface area (Å²) in [6.07, 6.45) is 8.06. The Hall–Kier alpha value is -1.85. The third kappa shape index (κ3) is 3.79. The maximum Gasteiger partial charge on any atom is 0.267 e. The molecular weight excluding hydrogens is 302 g/mol. The number of hydrogen-bond acceptors (Lipinski definition) is 4. The van der Waals surface area contributed by atoms with Gasteiger partial charge in [-0.2, -0.15) is 0 Å². The van der Waals surface area contributed by atoms with E-state index >= 15 is 0 Å². The zero-order valence-corrected chi connectivity index (χ0v) is 14.4. The fourth-order valence-electron chi connectivity index (χ4n) is 3.44. The molecule has 3 N–H and O–H groups in total. The summed E-state index contributed by atoms with van der Waals surface area (Å²) in [5, 5.41) is 5.22. The lowest BCUT2D eigenvalue weighted by atomic mass is 9.94. The third-order valence-electron chi connectivity index (χ3n) is 4.78. The van der Waals surface area contributed by atoms with Crippen molar-refractivity contribution in [3.05, 3.63) is 40.6 Å². The van der Waals surface area contributed by atoms with Gasteiger partial charge in [0, 0.05) is 12.6 Å². The van der Waals surface area contributed by atoms with Crippen LogP contribution in [0.3, 0.4) is 0 Å². The van der Waals surface area contributed by atoms with E-state index in [4.69, 9.17) is 10.6 Å². The van der Waals surface area contributed by atoms with Crippen molar-refractivity contribution in [3.63, 3.8) is 0 Å². The Bertz CT molecular complexity index is 627. The molecule has 2 aliphatic heterocycles. The molecule has 3 bridgehead atoms. The minimum atomic E-state index is -0.455. The molecule has 1 aromatic carbocycles. The topological polar surface area (TPSA) is 67.6 Å². The first-order valence-corrected chi connectivity index (χ1v) is 8.97. The molecule has 1 atom stereocenters. The zero-order chi connectivity index (χ0) is 16.9. The van der Waals surface area contributed by atoms with Crippen molar-refractivity contribution in [2.45, 2.75) is 51.6 Å². The number of hydroxylamine groups is 2. The molecule has 1 aromatic rings. The average molecular weight is 329 g/mol. The van der Waals surface area contributed by atoms with Crippen LogP contribution in [0.4, 0.5) is 0 Å². The quantitative estimate of drug-likeness (QED) is 0.788. The van der Waals surface area contributed by atoms with Crippen LogP contribution in [0.1, 0.15) is 61.8 Å². The van der Waals surface area contributed by atoms with Crippen LogP contribution in [-0.2, 0) is 16.2 Å². The van der Waals surface area contributed by atoms with E-state index in [-0.39, 0.29) is 0 Å². The highest BCUT2D eigenvalue weighted by Gasteiger charge is 2.25. The fraction of sp³-hybridized carbons (Fsp3) is 0.526. The Morgan fingerprint density at radius 2 is 2.25 bits per heavy atom. The number of hydrogen-bond donors (Lipinski definition) is 2. The second-order valence-corrected chi connectivity index (χ2v) is 6.58. The second-order valence-electron chi connectivity index (χ2n) is 6.58. The van der Waals surface area contributed by atoms with Crippen molar-refractivity contribution in [1.82, 2.24) is 10.4 Å². The Morgan fingerprint density at radius 1 is 1.38 bits per heavy atom. The number of rotatable bonds is 6. The number of benzene rings is 1. The van der Waals surface area contributed by atoms with E-state index in [0.29, 0.717) is 24.9 Å². The van der Waals surface area contributed by atoms with Crippen LogP contribution in [0, 0.1) is 0 Å². The Kier molecular flexibility index (Phi) is 5.53. The first-order chi connectivity index (χ1) is 11.7. The van der Waals surface area contributed by atoms with E-state index < -0.39 is 5.91 Å². The number of nitrogens with zero attached hydrogens (tertiary/aromatic N) is 1. The standard InChI is InChI=1S/C19H27N3O2/c1-2-3-4-5-6-17-15-8-7-14-12-18(19(20)23)22(13-16(14)11-15)24-10-9-21-17/h7-8,11-12,17,21H,2-6,9-10,13H2,1H3,(H2,20,23). The van der Waals surface area contributed by atoms with Crippen LogP contribution in [0.2, 0.25) is 0 Å². The van der Waals surface area contributed by atoms with Crippen molar-refractivity contribution >= 4 is 12.0 Å². The van der Waals surface area contributed by atoms with Gasteiger partial charge in [0.2, 0.25) is 0 Å². The molecule has 5 nitrogen and oxygen atoms in total. The van der Waals surface area contributed by atoms with Crippen molar-refractivity contribution < 1.29 is 9.63 Å². The van der Waals surface area contributed by atoms with Crippen LogP contribution < -0.4 is 11.1 Å². The van der Waals surface area contributed by atoms with Gasteiger partial charge < -0.3 is 11.1 Å². The fourth-order valence-corrected chi connectivity index (χ4v) is 3.44. The van der Waals surface area contributed by atoms with Crippen molar-refractivity contribution in [2.75, 3.05) is 13.2 Å². The lowest BCUT2D eigenvalue weighted by Crippen LogP contribution is -2.37. The highest BCUT2D eigenvalue weighted by Crippen LogP contribution is 2.30. The van der Waals surface area contributed by atoms with E-state index in [9.17, 15) is 4.79 Å². The number of carbonyl (C=O) groups is 1. The maximum atomic E-state index is 11.7. The summed E-state index contributed by atoms with van der Waals surface area (Å²) in [6, 6.07) is 6.86. The third-order valence-corrected chi connectivity index (χ3v) is 4.78. The van der Waals surface area contributed by atoms with Crippen LogP contribution in [0.15, 0.2) is 23.9 Å². The SMILES string of the molecule is CCCCCCC1NCCON2Cc3cc1ccc3C=C2C(N)=O. The summed E-state index contributed by atoms with van der Waals surface area (Å²) in [5.41, 5.74) is 9.47. The van der Waals surface area contributed by atoms with E-state index in [1.165, 1.54) is 36.8 Å². The van der Waals surface area contributed by atoms with Crippen molar-refractivity contribution in [2.24, 2.45) is 5.73 Å². The molecule has 24 heavy (non-hydrogen) atoms. The van der Waals surface area contributed by atoms with Gasteiger partial charge in [-0.15, -0.1) is 0 Å². The predicted octanol–water partition coefficient (Wildman–Crippen LogP) is 2.87. The number of unbranched alkanes of at least 4 members (excludes halogenated alkanes) is 3. The molecule has 0 fully saturated rings. The smallest absolute Gasteiger partial charge is 0.267 e. The zero-order valence-electron chi connectivity index (χ0n) is 14.4. The number of nitrogens with two attached hydrogens (primary N) is 1. The molecule has 2 aliphatic rings. The van der Waals surface area contributed by atoms with E-state index in [1.54, 1.807) is 5.06 Å². The van der Waals surface area contributed by atoms with Gasteiger partial charge >= 0.3 is 0 Å². The van der Waals surface area contributed by atoms with Crippen LogP contribution in [0.5, 0.6) is 0 Å². The van der Waals surface area contributed by atoms with Gasteiger partial charge in [0.25, 0.3) is 5.91 Å². The average Bonchev–Trinajstić information content (AvgIpc) is 2.58. The monoisotopic (exact) mass is 329 g/mol. The summed E-state index contributed by atoms with van der Waals surface area (Å²) in [7, 11) is 0. The first kappa shape index (κ1) is 17.0. The van der Waals surface area contributed by atoms with E-state index in [0.717, 1.165) is 18.5 Å². The van der Waals surface area contributed by atoms with Crippen LogP contribution in [-0.4, -0.2) is 24.1 Å². The minimum Gasteiger partial charge on any atom is -0.364 e. The molecule has 130 valence electrons. The molecular formula is C19H27N3O2. The van der Waals surface area contributed by atoms with Crippen molar-refractivity contribution in [1.29, 1.82) is 0 Å². The summed E-state index contributed by atoms with van der Waals surface area (Å²) in [5.74, 6) is -0.455. The van der Waals surface area contributed by atoms with E-state index in [1.807, 2.05) is 6.08 Å². The van der Waals surface area contributed by atoms with Gasteiger partial charge in [-0.3, -0.25) is 9.63 Å². The van der Waals surface area contributed by atoms with Gasteiger partial charge in [-0.25, -0.2) is 5.06 Å². The molecule has 2 heterocycles. The Balaban J connectivity index is 1.84. The molecule has 1 amide bonds. The van der Waals surface area contributed by atoms with E-state index in [2.05, 4.69) is 30.4 Å². The van der Waals surface area contributed by atoms with Gasteiger partial charge in [0.15, 0.2) is 0 Å².